The minimum atomic E-state index is -3.61. The Morgan fingerprint density at radius 2 is 1.91 bits per heavy atom. The van der Waals surface area contributed by atoms with E-state index in [0.29, 0.717) is 5.56 Å². The third-order valence-corrected chi connectivity index (χ3v) is 1.20. The highest BCUT2D eigenvalue weighted by Crippen LogP contribution is 2.15. The third-order valence-electron chi connectivity index (χ3n) is 1.20. The van der Waals surface area contributed by atoms with E-state index in [1.54, 1.807) is 0 Å². The monoisotopic (exact) mass is 157 g/mol. The van der Waals surface area contributed by atoms with Gasteiger partial charge in [0.15, 0.2) is 0 Å². The number of aliphatic hydroxyl groups is 1. The molecule has 0 atom stereocenters. The zero-order valence-corrected chi connectivity index (χ0v) is 5.72. The number of alkyl halides is 2. The second-order valence-corrected chi connectivity index (χ2v) is 2.25. The summed E-state index contributed by atoms with van der Waals surface area (Å²) in [4.78, 5) is 0. The van der Waals surface area contributed by atoms with Crippen LogP contribution in [0.25, 0.3) is 0 Å². The van der Waals surface area contributed by atoms with E-state index < -0.39 is 12.5 Å². The topological polar surface area (TPSA) is 20.2 Å². The summed E-state index contributed by atoms with van der Waals surface area (Å²) in [7, 11) is 0. The van der Waals surface area contributed by atoms with Crippen molar-refractivity contribution in [2.24, 2.45) is 0 Å². The molecule has 0 spiro atoms. The van der Waals surface area contributed by atoms with Gasteiger partial charge in [0.25, 0.3) is 0 Å². The summed E-state index contributed by atoms with van der Waals surface area (Å²) in [6.07, 6.45) is -4.25. The van der Waals surface area contributed by atoms with E-state index >= 15 is 0 Å². The van der Waals surface area contributed by atoms with Gasteiger partial charge < -0.3 is 5.11 Å². The highest BCUT2D eigenvalue weighted by molar-refractivity contribution is 5.14. The maximum atomic E-state index is 12.0. The van der Waals surface area contributed by atoms with Gasteiger partial charge in [-0.25, -0.2) is 0 Å². The lowest BCUT2D eigenvalue weighted by Gasteiger charge is -2.07. The Bertz CT molecular complexity index is 215. The first-order valence-electron chi connectivity index (χ1n) is 3.13. The summed E-state index contributed by atoms with van der Waals surface area (Å²) in [5, 5.41) is 8.13. The normalized spacial score (nSPS) is 11.5. The third kappa shape index (κ3) is 3.09. The van der Waals surface area contributed by atoms with Gasteiger partial charge in [0.1, 0.15) is 0 Å². The Labute approximate surface area is 63.3 Å². The Hall–Kier alpha value is -0.960. The molecule has 1 aromatic rings. The van der Waals surface area contributed by atoms with Crippen LogP contribution in [0.4, 0.5) is 8.78 Å². The van der Waals surface area contributed by atoms with E-state index in [0.717, 1.165) is 0 Å². The summed E-state index contributed by atoms with van der Waals surface area (Å²) >= 11 is 0. The molecule has 1 aromatic carbocycles. The maximum absolute atomic E-state index is 12.0. The minimum Gasteiger partial charge on any atom is -0.336 e. The van der Waals surface area contributed by atoms with Crippen molar-refractivity contribution in [3.8, 4) is 0 Å². The maximum Gasteiger partial charge on any atom is 0.357 e. The zero-order valence-electron chi connectivity index (χ0n) is 5.72. The molecule has 0 aliphatic heterocycles. The van der Waals surface area contributed by atoms with Crippen molar-refractivity contribution in [2.45, 2.75) is 12.5 Å². The van der Waals surface area contributed by atoms with Gasteiger partial charge in [-0.1, -0.05) is 24.3 Å². The fourth-order valence-electron chi connectivity index (χ4n) is 0.785. The predicted octanol–water partition coefficient (Wildman–Crippen LogP) is 1.61. The first-order valence-corrected chi connectivity index (χ1v) is 3.13. The molecule has 1 nitrogen and oxygen atoms in total. The lowest BCUT2D eigenvalue weighted by Crippen LogP contribution is -2.17. The molecule has 0 aliphatic carbocycles. The summed E-state index contributed by atoms with van der Waals surface area (Å²) in [6, 6.07) is 8.73. The molecule has 1 rings (SSSR count). The van der Waals surface area contributed by atoms with E-state index in [2.05, 4.69) is 6.07 Å². The van der Waals surface area contributed by atoms with Crippen LogP contribution < -0.4 is 0 Å². The quantitative estimate of drug-likeness (QED) is 0.691. The largest absolute Gasteiger partial charge is 0.357 e. The molecule has 0 aliphatic rings. The van der Waals surface area contributed by atoms with Crippen LogP contribution in [0.2, 0.25) is 0 Å². The molecule has 0 aromatic heterocycles. The summed E-state index contributed by atoms with van der Waals surface area (Å²) in [5.74, 6) is 0. The van der Waals surface area contributed by atoms with Crippen molar-refractivity contribution in [1.82, 2.24) is 0 Å². The molecule has 1 radical (unpaired) electrons. The summed E-state index contributed by atoms with van der Waals surface area (Å²) in [5.41, 5.74) is 0.399. The number of rotatable bonds is 2. The SMILES string of the molecule is OC(F)(F)Cc1cc[c]cc1. The van der Waals surface area contributed by atoms with E-state index in [-0.39, 0.29) is 0 Å². The van der Waals surface area contributed by atoms with Crippen LogP contribution in [-0.4, -0.2) is 11.2 Å². The van der Waals surface area contributed by atoms with E-state index in [9.17, 15) is 8.78 Å². The number of hydrogen-bond acceptors (Lipinski definition) is 1. The van der Waals surface area contributed by atoms with Gasteiger partial charge in [-0.3, -0.25) is 0 Å². The van der Waals surface area contributed by atoms with Crippen molar-refractivity contribution in [3.63, 3.8) is 0 Å². The molecular weight excluding hydrogens is 150 g/mol. The second-order valence-electron chi connectivity index (χ2n) is 2.25. The Balaban J connectivity index is 2.66. The summed E-state index contributed by atoms with van der Waals surface area (Å²) in [6.45, 7) is 0. The molecule has 59 valence electrons. The number of halogens is 2. The molecule has 0 saturated heterocycles. The van der Waals surface area contributed by atoms with Crippen LogP contribution in [-0.2, 0) is 6.42 Å². The number of benzene rings is 1. The highest BCUT2D eigenvalue weighted by atomic mass is 19.3. The van der Waals surface area contributed by atoms with Gasteiger partial charge in [0.2, 0.25) is 0 Å². The molecule has 3 heteroatoms. The Morgan fingerprint density at radius 1 is 1.36 bits per heavy atom. The predicted molar refractivity (Wildman–Crippen MR) is 36.1 cm³/mol. The first kappa shape index (κ1) is 8.14. The van der Waals surface area contributed by atoms with E-state index in [1.165, 1.54) is 24.3 Å². The van der Waals surface area contributed by atoms with Crippen molar-refractivity contribution in [1.29, 1.82) is 0 Å². The lowest BCUT2D eigenvalue weighted by molar-refractivity contribution is -0.196. The molecule has 11 heavy (non-hydrogen) atoms. The van der Waals surface area contributed by atoms with Gasteiger partial charge in [0, 0.05) is 0 Å². The first-order chi connectivity index (χ1) is 5.08. The minimum absolute atomic E-state index is 0.399. The molecular formula is C8H7F2O. The van der Waals surface area contributed by atoms with E-state index in [4.69, 9.17) is 5.11 Å². The average Bonchev–Trinajstić information content (AvgIpc) is 1.85. The number of hydrogen-bond donors (Lipinski definition) is 1. The molecule has 1 N–H and O–H groups in total. The van der Waals surface area contributed by atoms with Gasteiger partial charge in [-0.15, -0.1) is 0 Å². The molecule has 0 saturated carbocycles. The smallest absolute Gasteiger partial charge is 0.336 e. The fourth-order valence-corrected chi connectivity index (χ4v) is 0.785. The average molecular weight is 157 g/mol. The van der Waals surface area contributed by atoms with Crippen LogP contribution in [0.15, 0.2) is 24.3 Å². The van der Waals surface area contributed by atoms with Gasteiger partial charge >= 0.3 is 6.11 Å². The molecule has 0 heterocycles. The Kier molecular flexibility index (Phi) is 2.19. The molecule has 0 unspecified atom stereocenters. The van der Waals surface area contributed by atoms with Gasteiger partial charge in [-0.2, -0.15) is 8.78 Å². The molecule has 0 amide bonds. The van der Waals surface area contributed by atoms with Crippen molar-refractivity contribution in [3.05, 3.63) is 35.9 Å². The van der Waals surface area contributed by atoms with Crippen LogP contribution >= 0.6 is 0 Å². The van der Waals surface area contributed by atoms with Crippen LogP contribution in [0.1, 0.15) is 5.56 Å². The van der Waals surface area contributed by atoms with E-state index in [1.807, 2.05) is 0 Å². The standard InChI is InChI=1S/C8H7F2O/c9-8(10,11)6-7-4-2-1-3-5-7/h2-5,11H,6H2. The fraction of sp³-hybridized carbons (Fsp3) is 0.250. The second kappa shape index (κ2) is 2.96. The summed E-state index contributed by atoms with van der Waals surface area (Å²) < 4.78 is 23.9. The highest BCUT2D eigenvalue weighted by Gasteiger charge is 2.24. The van der Waals surface area contributed by atoms with Crippen molar-refractivity contribution in [2.75, 3.05) is 0 Å². The van der Waals surface area contributed by atoms with Crippen LogP contribution in [0.5, 0.6) is 0 Å². The zero-order chi connectivity index (χ0) is 8.32. The molecule has 0 bridgehead atoms. The van der Waals surface area contributed by atoms with Crippen LogP contribution in [0.3, 0.4) is 0 Å². The van der Waals surface area contributed by atoms with Crippen LogP contribution in [0, 0.1) is 6.07 Å². The van der Waals surface area contributed by atoms with Crippen molar-refractivity contribution >= 4 is 0 Å². The van der Waals surface area contributed by atoms with Gasteiger partial charge in [0.05, 0.1) is 6.42 Å². The van der Waals surface area contributed by atoms with Crippen molar-refractivity contribution < 1.29 is 13.9 Å². The van der Waals surface area contributed by atoms with Gasteiger partial charge in [-0.05, 0) is 11.6 Å². The lowest BCUT2D eigenvalue weighted by atomic mass is 10.1. The Morgan fingerprint density at radius 3 is 2.36 bits per heavy atom. The molecule has 0 fully saturated rings.